The zero-order chi connectivity index (χ0) is 21.2. The Balaban J connectivity index is 1.13. The van der Waals surface area contributed by atoms with E-state index >= 15 is 0 Å². The molecule has 3 aliphatic rings. The molecule has 2 bridgehead atoms. The van der Waals surface area contributed by atoms with Gasteiger partial charge in [-0.25, -0.2) is 0 Å². The van der Waals surface area contributed by atoms with Gasteiger partial charge in [-0.1, -0.05) is 29.8 Å². The lowest BCUT2D eigenvalue weighted by Crippen LogP contribution is -2.47. The predicted molar refractivity (Wildman–Crippen MR) is 118 cm³/mol. The van der Waals surface area contributed by atoms with Crippen molar-refractivity contribution in [3.63, 3.8) is 0 Å². The molecule has 1 N–H and O–H groups in total. The molecular weight excluding hydrogens is 392 g/mol. The Hall–Kier alpha value is -2.57. The van der Waals surface area contributed by atoms with Crippen LogP contribution in [0.15, 0.2) is 42.5 Å². The molecule has 2 aromatic rings. The number of aryl methyl sites for hydroxylation is 1. The minimum atomic E-state index is -0.163. The Labute approximate surface area is 183 Å². The van der Waals surface area contributed by atoms with Crippen LogP contribution in [0.25, 0.3) is 0 Å². The normalized spacial score (nSPS) is 26.5. The molecule has 4 atom stereocenters. The number of carbonyl (C=O) groups excluding carboxylic acids is 1. The molecule has 5 rings (SSSR count). The maximum absolute atomic E-state index is 12.7. The summed E-state index contributed by atoms with van der Waals surface area (Å²) in [7, 11) is 0. The first-order valence-corrected chi connectivity index (χ1v) is 11.2. The fourth-order valence-corrected chi connectivity index (χ4v) is 4.76. The van der Waals surface area contributed by atoms with Gasteiger partial charge >= 0.3 is 0 Å². The number of fused-ring (bicyclic) bond motifs is 3. The van der Waals surface area contributed by atoms with Crippen molar-refractivity contribution < 1.29 is 19.0 Å². The van der Waals surface area contributed by atoms with E-state index in [1.165, 1.54) is 18.5 Å². The van der Waals surface area contributed by atoms with Crippen LogP contribution in [0.4, 0.5) is 0 Å². The van der Waals surface area contributed by atoms with Gasteiger partial charge in [0.2, 0.25) is 0 Å². The highest BCUT2D eigenvalue weighted by molar-refractivity contribution is 5.95. The molecule has 2 aromatic carbocycles. The van der Waals surface area contributed by atoms with Gasteiger partial charge in [0.1, 0.15) is 6.61 Å². The largest absolute Gasteiger partial charge is 0.486 e. The van der Waals surface area contributed by atoms with Crippen molar-refractivity contribution in [3.8, 4) is 11.5 Å². The monoisotopic (exact) mass is 422 g/mol. The molecule has 6 heteroatoms. The first-order valence-electron chi connectivity index (χ1n) is 11.2. The number of carbonyl (C=O) groups is 1. The third-order valence-corrected chi connectivity index (χ3v) is 6.42. The Morgan fingerprint density at radius 2 is 2.03 bits per heavy atom. The molecule has 31 heavy (non-hydrogen) atoms. The maximum atomic E-state index is 12.7. The number of hydrogen-bond acceptors (Lipinski definition) is 5. The second-order valence-electron chi connectivity index (χ2n) is 9.03. The van der Waals surface area contributed by atoms with E-state index in [1.807, 2.05) is 12.1 Å². The first kappa shape index (κ1) is 20.3. The van der Waals surface area contributed by atoms with Crippen LogP contribution in [-0.4, -0.2) is 55.8 Å². The second-order valence-corrected chi connectivity index (χ2v) is 9.03. The summed E-state index contributed by atoms with van der Waals surface area (Å²) in [5.74, 6) is 1.97. The lowest BCUT2D eigenvalue weighted by Gasteiger charge is -2.30. The minimum Gasteiger partial charge on any atom is -0.486 e. The van der Waals surface area contributed by atoms with Crippen molar-refractivity contribution in [2.75, 3.05) is 32.8 Å². The molecule has 2 saturated heterocycles. The molecule has 0 radical (unpaired) electrons. The van der Waals surface area contributed by atoms with Crippen LogP contribution in [0.3, 0.4) is 0 Å². The Kier molecular flexibility index (Phi) is 5.83. The van der Waals surface area contributed by atoms with E-state index < -0.39 is 0 Å². The predicted octanol–water partition coefficient (Wildman–Crippen LogP) is 3.18. The second kappa shape index (κ2) is 8.89. The van der Waals surface area contributed by atoms with E-state index in [9.17, 15) is 4.79 Å². The quantitative estimate of drug-likeness (QED) is 0.775. The number of nitrogens with one attached hydrogen (secondary N) is 1. The first-order chi connectivity index (χ1) is 15.1. The average molecular weight is 423 g/mol. The van der Waals surface area contributed by atoms with Crippen LogP contribution >= 0.6 is 0 Å². The van der Waals surface area contributed by atoms with E-state index in [2.05, 4.69) is 41.4 Å². The number of amides is 1. The van der Waals surface area contributed by atoms with Crippen molar-refractivity contribution >= 4 is 5.91 Å². The van der Waals surface area contributed by atoms with Gasteiger partial charge in [0.25, 0.3) is 5.91 Å². The van der Waals surface area contributed by atoms with Crippen LogP contribution in [0.2, 0.25) is 0 Å². The highest BCUT2D eigenvalue weighted by atomic mass is 16.6. The zero-order valence-electron chi connectivity index (χ0n) is 18.0. The molecule has 2 fully saturated rings. The molecular formula is C25H30N2O4. The molecule has 1 amide bonds. The van der Waals surface area contributed by atoms with Crippen LogP contribution in [0.1, 0.15) is 34.3 Å². The van der Waals surface area contributed by atoms with Crippen LogP contribution < -0.4 is 14.8 Å². The molecule has 164 valence electrons. The lowest BCUT2D eigenvalue weighted by atomic mass is 9.96. The van der Waals surface area contributed by atoms with Gasteiger partial charge in [0, 0.05) is 24.7 Å². The van der Waals surface area contributed by atoms with Crippen molar-refractivity contribution in [3.05, 3.63) is 59.2 Å². The fraction of sp³-hybridized carbons (Fsp3) is 0.480. The summed E-state index contributed by atoms with van der Waals surface area (Å²) in [6.07, 6.45) is 2.17. The number of benzene rings is 2. The van der Waals surface area contributed by atoms with Crippen molar-refractivity contribution in [1.82, 2.24) is 10.2 Å². The summed E-state index contributed by atoms with van der Waals surface area (Å²) < 4.78 is 17.7. The Morgan fingerprint density at radius 3 is 2.87 bits per heavy atom. The third kappa shape index (κ3) is 4.86. The van der Waals surface area contributed by atoms with Gasteiger partial charge in [0.15, 0.2) is 17.6 Å². The van der Waals surface area contributed by atoms with Gasteiger partial charge in [-0.2, -0.15) is 0 Å². The number of piperidine rings is 1. The van der Waals surface area contributed by atoms with Crippen molar-refractivity contribution in [1.29, 1.82) is 0 Å². The summed E-state index contributed by atoms with van der Waals surface area (Å²) in [6, 6.07) is 14.0. The maximum Gasteiger partial charge on any atom is 0.251 e. The number of ether oxygens (including phenoxy) is 3. The van der Waals surface area contributed by atoms with E-state index in [0.717, 1.165) is 31.0 Å². The van der Waals surface area contributed by atoms with Gasteiger partial charge in [0.05, 0.1) is 13.2 Å². The highest BCUT2D eigenvalue weighted by Gasteiger charge is 2.33. The molecule has 6 nitrogen and oxygen atoms in total. The molecule has 3 aliphatic heterocycles. The van der Waals surface area contributed by atoms with Gasteiger partial charge in [-0.15, -0.1) is 0 Å². The Bertz CT molecular complexity index is 918. The smallest absolute Gasteiger partial charge is 0.251 e. The molecule has 3 heterocycles. The van der Waals surface area contributed by atoms with Crippen LogP contribution in [0.5, 0.6) is 11.5 Å². The lowest BCUT2D eigenvalue weighted by molar-refractivity contribution is 0.00268. The fourth-order valence-electron chi connectivity index (χ4n) is 4.76. The van der Waals surface area contributed by atoms with Crippen LogP contribution in [-0.2, 0) is 11.3 Å². The summed E-state index contributed by atoms with van der Waals surface area (Å²) in [5.41, 5.74) is 2.99. The topological polar surface area (TPSA) is 60.0 Å². The minimum absolute atomic E-state index is 0.0394. The summed E-state index contributed by atoms with van der Waals surface area (Å²) in [5, 5.41) is 3.20. The third-order valence-electron chi connectivity index (χ3n) is 6.42. The van der Waals surface area contributed by atoms with Crippen LogP contribution in [0, 0.1) is 12.8 Å². The van der Waals surface area contributed by atoms with E-state index in [4.69, 9.17) is 14.2 Å². The van der Waals surface area contributed by atoms with Gasteiger partial charge in [-0.05, 0) is 56.0 Å². The molecule has 0 aliphatic carbocycles. The molecule has 1 unspecified atom stereocenters. The van der Waals surface area contributed by atoms with E-state index in [0.29, 0.717) is 36.9 Å². The molecule has 0 saturated carbocycles. The van der Waals surface area contributed by atoms with Crippen molar-refractivity contribution in [2.45, 2.75) is 38.5 Å². The van der Waals surface area contributed by atoms with E-state index in [-0.39, 0.29) is 18.1 Å². The zero-order valence-corrected chi connectivity index (χ0v) is 18.0. The number of hydrogen-bond donors (Lipinski definition) is 1. The summed E-state index contributed by atoms with van der Waals surface area (Å²) in [6.45, 7) is 6.79. The van der Waals surface area contributed by atoms with E-state index in [1.54, 1.807) is 6.07 Å². The number of nitrogens with zero attached hydrogens (tertiary/aromatic N) is 1. The number of rotatable bonds is 6. The molecule has 0 spiro atoms. The Morgan fingerprint density at radius 1 is 1.16 bits per heavy atom. The average Bonchev–Trinajstić information content (AvgIpc) is 3.12. The summed E-state index contributed by atoms with van der Waals surface area (Å²) >= 11 is 0. The van der Waals surface area contributed by atoms with Gasteiger partial charge in [-0.3, -0.25) is 4.79 Å². The summed E-state index contributed by atoms with van der Waals surface area (Å²) in [4.78, 5) is 15.2. The van der Waals surface area contributed by atoms with Gasteiger partial charge < -0.3 is 24.4 Å². The highest BCUT2D eigenvalue weighted by Crippen LogP contribution is 2.33. The molecule has 0 aromatic heterocycles. The van der Waals surface area contributed by atoms with Crippen molar-refractivity contribution in [2.24, 2.45) is 5.92 Å². The SMILES string of the molecule is Cc1ccc(COC[C@H]2COc3cc(C(=O)N[C@@H]4C[C@H]5CCN(C5)C4)ccc3O2)cc1. The standard InChI is InChI=1S/C25H30N2O4/c1-17-2-4-18(5-3-17)14-29-15-22-16-30-24-11-20(6-7-23(24)31-22)25(28)26-21-10-19-8-9-27(12-19)13-21/h2-7,11,19,21-22H,8-10,12-16H2,1H3,(H,26,28)/t19-,21-,22+/m1/s1.